The third-order valence-electron chi connectivity index (χ3n) is 10.3. The monoisotopic (exact) mass is 693 g/mol. The van der Waals surface area contributed by atoms with E-state index in [1.165, 1.54) is 11.0 Å². The van der Waals surface area contributed by atoms with Crippen molar-refractivity contribution >= 4 is 39.4 Å². The maximum absolute atomic E-state index is 14.5. The molecule has 0 bridgehead atoms. The highest BCUT2D eigenvalue weighted by molar-refractivity contribution is 7.92. The summed E-state index contributed by atoms with van der Waals surface area (Å²) in [5.74, 6) is -2.68. The first-order chi connectivity index (χ1) is 22.3. The smallest absolute Gasteiger partial charge is 0.315 e. The molecule has 4 N–H and O–H groups in total. The fraction of sp³-hybridized carbons (Fsp3) is 0.800. The minimum absolute atomic E-state index is 0.112. The summed E-state index contributed by atoms with van der Waals surface area (Å²) in [7, 11) is -3.36. The second-order valence-corrected chi connectivity index (χ2v) is 18.4. The molecule has 0 radical (unpaired) electrons. The lowest BCUT2D eigenvalue weighted by Gasteiger charge is -2.43. The Morgan fingerprint density at radius 3 is 2.12 bits per heavy atom. The fourth-order valence-electron chi connectivity index (χ4n) is 7.82. The van der Waals surface area contributed by atoms with Crippen LogP contribution in [0.1, 0.15) is 113 Å². The summed E-state index contributed by atoms with van der Waals surface area (Å²) in [5.41, 5.74) is -2.04. The molecule has 3 fully saturated rings. The van der Waals surface area contributed by atoms with Crippen LogP contribution in [-0.4, -0.2) is 90.6 Å². The van der Waals surface area contributed by atoms with Gasteiger partial charge in [0.2, 0.25) is 17.6 Å². The molecule has 2 heterocycles. The number of Topliss-reactive ketones (excluding diaryl/α,β-unsaturated/α-hetero) is 1. The predicted molar refractivity (Wildman–Crippen MR) is 186 cm³/mol. The van der Waals surface area contributed by atoms with Gasteiger partial charge in [-0.15, -0.1) is 6.58 Å². The van der Waals surface area contributed by atoms with E-state index in [0.29, 0.717) is 38.5 Å². The molecule has 13 heteroatoms. The highest BCUT2D eigenvalue weighted by atomic mass is 32.2. The van der Waals surface area contributed by atoms with Gasteiger partial charge >= 0.3 is 6.03 Å². The lowest BCUT2D eigenvalue weighted by Crippen LogP contribution is -2.65. The van der Waals surface area contributed by atoms with Gasteiger partial charge in [-0.2, -0.15) is 0 Å². The normalized spacial score (nSPS) is 25.0. The summed E-state index contributed by atoms with van der Waals surface area (Å²) in [6.45, 7) is 17.3. The molecule has 3 aliphatic rings. The van der Waals surface area contributed by atoms with Crippen LogP contribution in [0.15, 0.2) is 12.7 Å². The van der Waals surface area contributed by atoms with E-state index in [-0.39, 0.29) is 36.6 Å². The van der Waals surface area contributed by atoms with E-state index in [1.54, 1.807) is 0 Å². The zero-order valence-corrected chi connectivity index (χ0v) is 30.9. The van der Waals surface area contributed by atoms with E-state index >= 15 is 0 Å². The third-order valence-corrected chi connectivity index (χ3v) is 12.8. The van der Waals surface area contributed by atoms with Crippen LogP contribution >= 0.6 is 0 Å². The first kappa shape index (κ1) is 39.5. The molecule has 3 rings (SSSR count). The first-order valence-corrected chi connectivity index (χ1v) is 19.3. The van der Waals surface area contributed by atoms with Crippen molar-refractivity contribution in [3.05, 3.63) is 12.7 Å². The molecule has 0 aromatic heterocycles. The van der Waals surface area contributed by atoms with E-state index in [0.717, 1.165) is 19.3 Å². The van der Waals surface area contributed by atoms with Crippen molar-refractivity contribution in [2.75, 3.05) is 18.8 Å². The molecular formula is C35H59N5O7S. The zero-order valence-electron chi connectivity index (χ0n) is 30.1. The molecule has 12 nitrogen and oxygen atoms in total. The van der Waals surface area contributed by atoms with Crippen LogP contribution in [-0.2, 0) is 29.0 Å². The highest BCUT2D eigenvalue weighted by Gasteiger charge is 2.52. The Morgan fingerprint density at radius 1 is 0.958 bits per heavy atom. The van der Waals surface area contributed by atoms with E-state index in [9.17, 15) is 32.4 Å². The predicted octanol–water partition coefficient (Wildman–Crippen LogP) is 3.40. The maximum atomic E-state index is 14.5. The summed E-state index contributed by atoms with van der Waals surface area (Å²) >= 11 is 0. The molecule has 272 valence electrons. The van der Waals surface area contributed by atoms with Gasteiger partial charge in [-0.25, -0.2) is 13.2 Å². The van der Waals surface area contributed by atoms with E-state index in [1.807, 2.05) is 48.5 Å². The van der Waals surface area contributed by atoms with Crippen molar-refractivity contribution in [1.82, 2.24) is 26.2 Å². The molecule has 2 saturated heterocycles. The molecule has 5 amide bonds. The van der Waals surface area contributed by atoms with Gasteiger partial charge in [0.05, 0.1) is 22.6 Å². The number of amides is 5. The number of sulfone groups is 1. The van der Waals surface area contributed by atoms with E-state index in [2.05, 4.69) is 27.8 Å². The van der Waals surface area contributed by atoms with Gasteiger partial charge in [-0.1, -0.05) is 80.2 Å². The molecule has 3 unspecified atom stereocenters. The molecule has 0 aromatic rings. The van der Waals surface area contributed by atoms with Gasteiger partial charge in [-0.3, -0.25) is 19.2 Å². The van der Waals surface area contributed by atoms with Crippen LogP contribution in [0.25, 0.3) is 0 Å². The van der Waals surface area contributed by atoms with Gasteiger partial charge < -0.3 is 26.2 Å². The van der Waals surface area contributed by atoms with Crippen molar-refractivity contribution in [2.45, 2.75) is 142 Å². The van der Waals surface area contributed by atoms with Gasteiger partial charge in [0.25, 0.3) is 5.91 Å². The SMILES string of the molecule is C=CCNC(=O)C(=O)C(CCC)NC(=O)C1[C@H](C(C)(C)C)CCN1C(=O)[C@@H](NC(=O)NC1(C2CCCS2(=O)=O)CCCCC1)C(C)(C)C. The lowest BCUT2D eigenvalue weighted by molar-refractivity contribution is -0.145. The fourth-order valence-corrected chi connectivity index (χ4v) is 10.2. The molecule has 0 aromatic carbocycles. The number of nitrogens with one attached hydrogen (secondary N) is 4. The molecule has 48 heavy (non-hydrogen) atoms. The number of carbonyl (C=O) groups is 5. The van der Waals surface area contributed by atoms with Crippen LogP contribution in [0.3, 0.4) is 0 Å². The van der Waals surface area contributed by atoms with Crippen LogP contribution in [0, 0.1) is 16.7 Å². The van der Waals surface area contributed by atoms with Gasteiger partial charge in [-0.05, 0) is 55.3 Å². The average Bonchev–Trinajstić information content (AvgIpc) is 3.61. The zero-order chi connectivity index (χ0) is 36.1. The standard InChI is InChI=1S/C35H59N5O7S/c1-9-15-24(27(41)30(43)36-20-10-2)37-29(42)26-23(33(3,4)5)17-21-40(26)31(44)28(34(6,7)8)38-32(45)39-35(18-12-11-13-19-35)25-16-14-22-48(25,46)47/h10,23-26,28H,2,9,11-22H2,1,3-8H3,(H,36,43)(H,37,42)(H2,38,39,45)/t23-,24?,25?,26?,28-/m1/s1. The van der Waals surface area contributed by atoms with Gasteiger partial charge in [0, 0.05) is 13.1 Å². The molecule has 2 aliphatic heterocycles. The Kier molecular flexibility index (Phi) is 12.9. The van der Waals surface area contributed by atoms with E-state index < -0.39 is 73.7 Å². The molecule has 1 aliphatic carbocycles. The van der Waals surface area contributed by atoms with Gasteiger partial charge in [0.15, 0.2) is 9.84 Å². The van der Waals surface area contributed by atoms with Crippen molar-refractivity contribution in [1.29, 1.82) is 0 Å². The van der Waals surface area contributed by atoms with Crippen molar-refractivity contribution in [3.63, 3.8) is 0 Å². The lowest BCUT2D eigenvalue weighted by atomic mass is 9.75. The number of hydrogen-bond donors (Lipinski definition) is 4. The highest BCUT2D eigenvalue weighted by Crippen LogP contribution is 2.41. The van der Waals surface area contributed by atoms with Crippen LogP contribution in [0.2, 0.25) is 0 Å². The Labute approximate surface area is 287 Å². The number of nitrogens with zero attached hydrogens (tertiary/aromatic N) is 1. The molecule has 0 spiro atoms. The van der Waals surface area contributed by atoms with Crippen molar-refractivity contribution in [2.24, 2.45) is 16.7 Å². The number of likely N-dealkylation sites (tertiary alicyclic amines) is 1. The quantitative estimate of drug-likeness (QED) is 0.179. The summed E-state index contributed by atoms with van der Waals surface area (Å²) in [4.78, 5) is 69.4. The van der Waals surface area contributed by atoms with Crippen molar-refractivity contribution in [3.8, 4) is 0 Å². The minimum atomic E-state index is -3.36. The topological polar surface area (TPSA) is 171 Å². The summed E-state index contributed by atoms with van der Waals surface area (Å²) < 4.78 is 26.1. The second-order valence-electron chi connectivity index (χ2n) is 16.1. The summed E-state index contributed by atoms with van der Waals surface area (Å²) in [6, 6.07) is -3.64. The molecular weight excluding hydrogens is 634 g/mol. The van der Waals surface area contributed by atoms with Crippen LogP contribution < -0.4 is 21.3 Å². The summed E-state index contributed by atoms with van der Waals surface area (Å²) in [6.07, 6.45) is 7.55. The Bertz CT molecular complexity index is 1330. The third kappa shape index (κ3) is 9.18. The number of urea groups is 1. The molecule has 5 atom stereocenters. The van der Waals surface area contributed by atoms with E-state index in [4.69, 9.17) is 0 Å². The Morgan fingerprint density at radius 2 is 1.60 bits per heavy atom. The number of ketones is 1. The number of rotatable bonds is 12. The second kappa shape index (κ2) is 15.7. The maximum Gasteiger partial charge on any atom is 0.315 e. The van der Waals surface area contributed by atoms with Crippen LogP contribution in [0.4, 0.5) is 4.79 Å². The number of carbonyl (C=O) groups excluding carboxylic acids is 5. The van der Waals surface area contributed by atoms with Gasteiger partial charge in [0.1, 0.15) is 12.1 Å². The molecule has 1 saturated carbocycles. The number of hydrogen-bond acceptors (Lipinski definition) is 7. The average molecular weight is 694 g/mol. The Hall–Kier alpha value is -2.96. The van der Waals surface area contributed by atoms with Crippen molar-refractivity contribution < 1.29 is 32.4 Å². The minimum Gasteiger partial charge on any atom is -0.346 e. The first-order valence-electron chi connectivity index (χ1n) is 17.6. The largest absolute Gasteiger partial charge is 0.346 e. The van der Waals surface area contributed by atoms with Crippen LogP contribution in [0.5, 0.6) is 0 Å². The Balaban J connectivity index is 1.89. The summed E-state index contributed by atoms with van der Waals surface area (Å²) in [5, 5.41) is 10.6.